The van der Waals surface area contributed by atoms with Crippen LogP contribution in [-0.2, 0) is 6.54 Å². The first-order valence-corrected chi connectivity index (χ1v) is 12.0. The fraction of sp³-hybridized carbons (Fsp3) is 0.0714. The number of hydrogen-bond donors (Lipinski definition) is 3. The zero-order valence-corrected chi connectivity index (χ0v) is 21.3. The molecule has 0 spiro atoms. The number of amidine groups is 1. The molecule has 0 bridgehead atoms. The van der Waals surface area contributed by atoms with Crippen molar-refractivity contribution in [2.75, 3.05) is 10.6 Å². The van der Waals surface area contributed by atoms with Crippen molar-refractivity contribution in [3.63, 3.8) is 0 Å². The number of halogens is 2. The Morgan fingerprint density at radius 3 is 2.32 bits per heavy atom. The molecule has 7 nitrogen and oxygen atoms in total. The fourth-order valence-corrected chi connectivity index (χ4v) is 3.80. The molecule has 0 aliphatic carbocycles. The van der Waals surface area contributed by atoms with Crippen LogP contribution in [-0.4, -0.2) is 22.6 Å². The number of benzene rings is 3. The number of nitrogens with two attached hydrogens (primary N) is 1. The lowest BCUT2D eigenvalue weighted by atomic mass is 10.0. The first kappa shape index (κ1) is 25.9. The van der Waals surface area contributed by atoms with Crippen LogP contribution >= 0.6 is 23.2 Å². The smallest absolute Gasteiger partial charge is 0.258 e. The van der Waals surface area contributed by atoms with Crippen molar-refractivity contribution in [1.29, 1.82) is 0 Å². The third-order valence-electron chi connectivity index (χ3n) is 5.36. The van der Waals surface area contributed by atoms with Gasteiger partial charge in [-0.2, -0.15) is 0 Å². The van der Waals surface area contributed by atoms with Gasteiger partial charge in [-0.05, 0) is 72.1 Å². The third kappa shape index (κ3) is 6.94. The van der Waals surface area contributed by atoms with E-state index in [0.717, 1.165) is 16.7 Å². The second kappa shape index (κ2) is 11.7. The van der Waals surface area contributed by atoms with Crippen LogP contribution in [0, 0.1) is 0 Å². The molecule has 0 fully saturated rings. The largest absolute Gasteiger partial charge is 0.388 e. The number of nitrogens with zero attached hydrogens (tertiary/aromatic N) is 2. The Bertz CT molecular complexity index is 1470. The predicted molar refractivity (Wildman–Crippen MR) is 149 cm³/mol. The van der Waals surface area contributed by atoms with E-state index in [1.807, 2.05) is 36.4 Å². The molecule has 0 aliphatic heterocycles. The summed E-state index contributed by atoms with van der Waals surface area (Å²) in [5.74, 6) is 0.00563. The Labute approximate surface area is 224 Å². The van der Waals surface area contributed by atoms with Gasteiger partial charge in [-0.15, -0.1) is 0 Å². The van der Waals surface area contributed by atoms with Crippen molar-refractivity contribution >= 4 is 52.4 Å². The second-order valence-electron chi connectivity index (χ2n) is 8.20. The Morgan fingerprint density at radius 2 is 1.62 bits per heavy atom. The molecule has 4 N–H and O–H groups in total. The fourth-order valence-electron chi connectivity index (χ4n) is 3.52. The van der Waals surface area contributed by atoms with Gasteiger partial charge in [0.05, 0.1) is 28.7 Å². The van der Waals surface area contributed by atoms with E-state index in [1.54, 1.807) is 43.3 Å². The number of pyridine rings is 1. The average molecular weight is 532 g/mol. The summed E-state index contributed by atoms with van der Waals surface area (Å²) in [5.41, 5.74) is 9.57. The van der Waals surface area contributed by atoms with Crippen LogP contribution in [0.2, 0.25) is 10.0 Å². The lowest BCUT2D eigenvalue weighted by molar-refractivity contribution is 0.102. The van der Waals surface area contributed by atoms with Crippen molar-refractivity contribution < 1.29 is 9.59 Å². The Morgan fingerprint density at radius 1 is 0.865 bits per heavy atom. The highest BCUT2D eigenvalue weighted by molar-refractivity contribution is 6.31. The molecule has 2 amide bonds. The predicted octanol–water partition coefficient (Wildman–Crippen LogP) is 6.44. The first-order chi connectivity index (χ1) is 17.8. The minimum absolute atomic E-state index is 0.196. The molecule has 0 aliphatic rings. The number of rotatable bonds is 7. The van der Waals surface area contributed by atoms with Crippen molar-refractivity contribution in [1.82, 2.24) is 4.98 Å². The minimum Gasteiger partial charge on any atom is -0.388 e. The van der Waals surface area contributed by atoms with E-state index in [-0.39, 0.29) is 11.5 Å². The molecule has 0 saturated heterocycles. The zero-order valence-electron chi connectivity index (χ0n) is 19.8. The average Bonchev–Trinajstić information content (AvgIpc) is 2.90. The SMILES string of the molecule is CC(N)=NCc1cccc(-c2ccc(C(=O)Nc3ccc(Cl)cc3C(=O)Nc3ccc(Cl)cn3)cc2)c1. The zero-order chi connectivity index (χ0) is 26.4. The van der Waals surface area contributed by atoms with Gasteiger partial charge in [0.15, 0.2) is 0 Å². The lowest BCUT2D eigenvalue weighted by Crippen LogP contribution is -2.18. The van der Waals surface area contributed by atoms with E-state index in [0.29, 0.717) is 39.5 Å². The number of amides is 2. The molecule has 0 radical (unpaired) electrons. The van der Waals surface area contributed by atoms with E-state index in [2.05, 4.69) is 20.6 Å². The number of carbonyl (C=O) groups excluding carboxylic acids is 2. The summed E-state index contributed by atoms with van der Waals surface area (Å²) in [6, 6.07) is 23.0. The van der Waals surface area contributed by atoms with E-state index in [4.69, 9.17) is 28.9 Å². The maximum Gasteiger partial charge on any atom is 0.258 e. The Hall–Kier alpha value is -4.20. The summed E-state index contributed by atoms with van der Waals surface area (Å²) in [7, 11) is 0. The molecule has 1 aromatic heterocycles. The van der Waals surface area contributed by atoms with Crippen molar-refractivity contribution in [3.05, 3.63) is 112 Å². The summed E-state index contributed by atoms with van der Waals surface area (Å²) in [6.07, 6.45) is 1.42. The number of aromatic nitrogens is 1. The second-order valence-corrected chi connectivity index (χ2v) is 9.07. The van der Waals surface area contributed by atoms with Gasteiger partial charge in [0, 0.05) is 16.8 Å². The molecule has 4 rings (SSSR count). The third-order valence-corrected chi connectivity index (χ3v) is 5.82. The van der Waals surface area contributed by atoms with Crippen LogP contribution in [0.25, 0.3) is 11.1 Å². The Kier molecular flexibility index (Phi) is 8.18. The maximum atomic E-state index is 13.0. The van der Waals surface area contributed by atoms with E-state index >= 15 is 0 Å². The standard InChI is InChI=1S/C28H23Cl2N5O2/c1-17(31)32-15-18-3-2-4-21(13-18)19-5-7-20(8-6-19)27(36)34-25-11-9-22(29)14-24(25)28(37)35-26-12-10-23(30)16-33-26/h2-14,16H,15H2,1H3,(H2,31,32)(H,34,36)(H,33,35,37). The molecular formula is C28H23Cl2N5O2. The summed E-state index contributed by atoms with van der Waals surface area (Å²) in [4.78, 5) is 34.2. The molecule has 4 aromatic rings. The molecule has 0 saturated carbocycles. The van der Waals surface area contributed by atoms with Gasteiger partial charge in [-0.1, -0.05) is 53.5 Å². The molecule has 9 heteroatoms. The van der Waals surface area contributed by atoms with Crippen LogP contribution in [0.3, 0.4) is 0 Å². The Balaban J connectivity index is 1.50. The van der Waals surface area contributed by atoms with Crippen LogP contribution in [0.1, 0.15) is 33.2 Å². The van der Waals surface area contributed by atoms with Gasteiger partial charge in [-0.25, -0.2) is 4.98 Å². The summed E-state index contributed by atoms with van der Waals surface area (Å²) in [5, 5.41) is 6.28. The first-order valence-electron chi connectivity index (χ1n) is 11.3. The van der Waals surface area contributed by atoms with Crippen LogP contribution in [0.4, 0.5) is 11.5 Å². The molecule has 0 atom stereocenters. The lowest BCUT2D eigenvalue weighted by Gasteiger charge is -2.12. The van der Waals surface area contributed by atoms with Crippen LogP contribution in [0.5, 0.6) is 0 Å². The van der Waals surface area contributed by atoms with Gasteiger partial charge in [0.25, 0.3) is 11.8 Å². The molecule has 0 unspecified atom stereocenters. The number of nitrogens with one attached hydrogen (secondary N) is 2. The van der Waals surface area contributed by atoms with Crippen molar-refractivity contribution in [2.45, 2.75) is 13.5 Å². The molecule has 3 aromatic carbocycles. The van der Waals surface area contributed by atoms with Crippen molar-refractivity contribution in [3.8, 4) is 11.1 Å². The summed E-state index contributed by atoms with van der Waals surface area (Å²) < 4.78 is 0. The minimum atomic E-state index is -0.475. The molecular weight excluding hydrogens is 509 g/mol. The van der Waals surface area contributed by atoms with Crippen LogP contribution < -0.4 is 16.4 Å². The summed E-state index contributed by atoms with van der Waals surface area (Å²) in [6.45, 7) is 2.26. The quantitative estimate of drug-likeness (QED) is 0.188. The highest BCUT2D eigenvalue weighted by Gasteiger charge is 2.16. The van der Waals surface area contributed by atoms with Gasteiger partial charge in [-0.3, -0.25) is 14.6 Å². The normalized spacial score (nSPS) is 11.2. The maximum absolute atomic E-state index is 13.0. The van der Waals surface area contributed by atoms with E-state index in [9.17, 15) is 9.59 Å². The number of anilines is 2. The molecule has 37 heavy (non-hydrogen) atoms. The molecule has 186 valence electrons. The van der Waals surface area contributed by atoms with Gasteiger partial charge in [0.1, 0.15) is 5.82 Å². The highest BCUT2D eigenvalue weighted by atomic mass is 35.5. The topological polar surface area (TPSA) is 109 Å². The van der Waals surface area contributed by atoms with Gasteiger partial charge in [0.2, 0.25) is 0 Å². The van der Waals surface area contributed by atoms with Gasteiger partial charge < -0.3 is 16.4 Å². The number of aliphatic imine (C=N–C) groups is 1. The monoisotopic (exact) mass is 531 g/mol. The number of hydrogen-bond acceptors (Lipinski definition) is 4. The van der Waals surface area contributed by atoms with Gasteiger partial charge >= 0.3 is 0 Å². The highest BCUT2D eigenvalue weighted by Crippen LogP contribution is 2.25. The number of carbonyl (C=O) groups is 2. The van der Waals surface area contributed by atoms with E-state index < -0.39 is 5.91 Å². The molecule has 1 heterocycles. The van der Waals surface area contributed by atoms with Crippen LogP contribution in [0.15, 0.2) is 90.1 Å². The van der Waals surface area contributed by atoms with E-state index in [1.165, 1.54) is 12.3 Å². The van der Waals surface area contributed by atoms with Crippen molar-refractivity contribution in [2.24, 2.45) is 10.7 Å². The summed E-state index contributed by atoms with van der Waals surface area (Å²) >= 11 is 12.0.